The van der Waals surface area contributed by atoms with E-state index < -0.39 is 91.4 Å². The first-order valence-electron chi connectivity index (χ1n) is 13.4. The van der Waals surface area contributed by atoms with Crippen molar-refractivity contribution >= 4 is 5.78 Å². The van der Waals surface area contributed by atoms with Crippen LogP contribution >= 0.6 is 0 Å². The maximum Gasteiger partial charge on any atom is 0.187 e. The Morgan fingerprint density at radius 1 is 0.810 bits per heavy atom. The Balaban J connectivity index is 1.49. The highest BCUT2D eigenvalue weighted by Gasteiger charge is 2.52. The summed E-state index contributed by atoms with van der Waals surface area (Å²) in [6.45, 7) is 0.768. The lowest BCUT2D eigenvalue weighted by atomic mass is 9.79. The minimum absolute atomic E-state index is 0.0392. The molecule has 0 amide bonds. The van der Waals surface area contributed by atoms with Crippen LogP contribution in [0.2, 0.25) is 0 Å². The van der Waals surface area contributed by atoms with Crippen LogP contribution in [-0.4, -0.2) is 120 Å². The van der Waals surface area contributed by atoms with Gasteiger partial charge in [0.05, 0.1) is 24.7 Å². The van der Waals surface area contributed by atoms with Gasteiger partial charge in [0, 0.05) is 12.1 Å². The fraction of sp³-hybridized carbons (Fsp3) is 0.536. The van der Waals surface area contributed by atoms with Gasteiger partial charge in [-0.3, -0.25) is 4.79 Å². The molecule has 0 aromatic heterocycles. The number of benzene rings is 2. The lowest BCUT2D eigenvalue weighted by molar-refractivity contribution is -0.340. The number of Topliss-reactive ketones (excluding diaryl/α,β-unsaturated/α-hetero) is 1. The molecule has 12 atom stereocenters. The molecule has 14 heteroatoms. The van der Waals surface area contributed by atoms with Gasteiger partial charge in [-0.25, -0.2) is 0 Å². The maximum atomic E-state index is 13.9. The van der Waals surface area contributed by atoms with Gasteiger partial charge in [-0.1, -0.05) is 12.1 Å². The number of rotatable bonds is 6. The summed E-state index contributed by atoms with van der Waals surface area (Å²) >= 11 is 0. The molecule has 0 bridgehead atoms. The van der Waals surface area contributed by atoms with Crippen molar-refractivity contribution in [2.75, 3.05) is 6.61 Å². The van der Waals surface area contributed by atoms with Gasteiger partial charge < -0.3 is 64.9 Å². The van der Waals surface area contributed by atoms with Gasteiger partial charge in [0.1, 0.15) is 77.4 Å². The Labute approximate surface area is 239 Å². The third-order valence-corrected chi connectivity index (χ3v) is 8.04. The van der Waals surface area contributed by atoms with E-state index in [0.717, 1.165) is 6.07 Å². The molecule has 2 aromatic carbocycles. The molecule has 2 saturated heterocycles. The summed E-state index contributed by atoms with van der Waals surface area (Å²) < 4.78 is 23.3. The minimum Gasteiger partial charge on any atom is -0.508 e. The zero-order chi connectivity index (χ0) is 30.5. The van der Waals surface area contributed by atoms with E-state index in [1.165, 1.54) is 37.3 Å². The zero-order valence-electron chi connectivity index (χ0n) is 22.4. The zero-order valence-corrected chi connectivity index (χ0v) is 22.4. The van der Waals surface area contributed by atoms with E-state index in [9.17, 15) is 50.8 Å². The summed E-state index contributed by atoms with van der Waals surface area (Å²) in [5.41, 5.74) is 0.263. The van der Waals surface area contributed by atoms with E-state index in [0.29, 0.717) is 5.56 Å². The molecule has 2 unspecified atom stereocenters. The predicted molar refractivity (Wildman–Crippen MR) is 139 cm³/mol. The number of hydrogen-bond donors (Lipinski definition) is 9. The van der Waals surface area contributed by atoms with Gasteiger partial charge in [0.15, 0.2) is 12.1 Å². The van der Waals surface area contributed by atoms with Gasteiger partial charge in [0.25, 0.3) is 0 Å². The number of fused-ring (bicyclic) bond motifs is 1. The van der Waals surface area contributed by atoms with Gasteiger partial charge >= 0.3 is 0 Å². The number of carbonyl (C=O) groups is 1. The summed E-state index contributed by atoms with van der Waals surface area (Å²) in [5.74, 6) is -2.66. The molecule has 9 N–H and O–H groups in total. The summed E-state index contributed by atoms with van der Waals surface area (Å²) in [7, 11) is 0. The number of phenolic OH excluding ortho intramolecular Hbond substituents is 3. The molecular formula is C28H34O14. The van der Waals surface area contributed by atoms with Crippen molar-refractivity contribution in [1.82, 2.24) is 0 Å². The van der Waals surface area contributed by atoms with Crippen LogP contribution in [0.5, 0.6) is 23.0 Å². The van der Waals surface area contributed by atoms with Crippen molar-refractivity contribution in [3.8, 4) is 23.0 Å². The second-order valence-corrected chi connectivity index (χ2v) is 10.8. The van der Waals surface area contributed by atoms with Crippen LogP contribution in [0.4, 0.5) is 0 Å². The molecule has 0 saturated carbocycles. The largest absolute Gasteiger partial charge is 0.508 e. The van der Waals surface area contributed by atoms with Crippen molar-refractivity contribution < 1.29 is 69.7 Å². The fourth-order valence-corrected chi connectivity index (χ4v) is 5.73. The molecule has 0 aliphatic carbocycles. The highest BCUT2D eigenvalue weighted by Crippen LogP contribution is 2.47. The highest BCUT2D eigenvalue weighted by atomic mass is 16.7. The molecule has 3 aliphatic rings. The Morgan fingerprint density at radius 3 is 2.17 bits per heavy atom. The van der Waals surface area contributed by atoms with Crippen LogP contribution in [-0.2, 0) is 14.2 Å². The maximum absolute atomic E-state index is 13.9. The Bertz CT molecular complexity index is 1270. The number of aliphatic hydroxyl groups excluding tert-OH is 6. The fourth-order valence-electron chi connectivity index (χ4n) is 5.73. The van der Waals surface area contributed by atoms with Crippen LogP contribution in [0.15, 0.2) is 36.4 Å². The van der Waals surface area contributed by atoms with Crippen LogP contribution in [0.25, 0.3) is 0 Å². The van der Waals surface area contributed by atoms with Crippen LogP contribution < -0.4 is 4.74 Å². The van der Waals surface area contributed by atoms with E-state index in [4.69, 9.17) is 18.9 Å². The molecule has 0 spiro atoms. The summed E-state index contributed by atoms with van der Waals surface area (Å²) in [6.07, 6.45) is -16.1. The predicted octanol–water partition coefficient (Wildman–Crippen LogP) is -1.18. The third-order valence-electron chi connectivity index (χ3n) is 8.04. The van der Waals surface area contributed by atoms with E-state index >= 15 is 0 Å². The van der Waals surface area contributed by atoms with Gasteiger partial charge in [-0.2, -0.15) is 0 Å². The second kappa shape index (κ2) is 11.9. The number of ketones is 1. The number of ether oxygens (including phenoxy) is 4. The topological polar surface area (TPSA) is 236 Å². The van der Waals surface area contributed by atoms with Crippen LogP contribution in [0.1, 0.15) is 35.4 Å². The van der Waals surface area contributed by atoms with Crippen LogP contribution in [0, 0.1) is 5.92 Å². The molecule has 230 valence electrons. The molecule has 3 aliphatic heterocycles. The Kier molecular flexibility index (Phi) is 8.63. The first-order chi connectivity index (χ1) is 19.9. The summed E-state index contributed by atoms with van der Waals surface area (Å²) in [4.78, 5) is 13.9. The molecule has 5 rings (SSSR count). The number of carbonyl (C=O) groups excluding carboxylic acids is 1. The quantitative estimate of drug-likeness (QED) is 0.192. The van der Waals surface area contributed by atoms with E-state index in [1.54, 1.807) is 0 Å². The average Bonchev–Trinajstić information content (AvgIpc) is 2.95. The number of hydrogen-bond acceptors (Lipinski definition) is 14. The van der Waals surface area contributed by atoms with E-state index in [1.807, 2.05) is 0 Å². The Morgan fingerprint density at radius 2 is 1.50 bits per heavy atom. The monoisotopic (exact) mass is 594 g/mol. The first kappa shape index (κ1) is 30.4. The molecular weight excluding hydrogens is 560 g/mol. The normalized spacial score (nSPS) is 38.5. The second-order valence-electron chi connectivity index (χ2n) is 10.8. The first-order valence-corrected chi connectivity index (χ1v) is 13.4. The standard InChI is InChI=1S/C28H34O14/c1-10-20(33)24(37)27(42-28-25(38)23(36)22(35)18(9-29)41-28)17(39-10)8-14-21(34)19-15(32)6-13(31)7-16(19)40-26(14)11-2-4-12(30)5-3-11/h2-7,10,14,17-18,20,22-33,35-38H,8-9H2,1H3/t10-,14?,17-,18+,20-,22+,23-,24+,25+,26?,27-,28-/m0/s1. The molecule has 2 aromatic rings. The van der Waals surface area contributed by atoms with Crippen LogP contribution in [0.3, 0.4) is 0 Å². The average molecular weight is 595 g/mol. The van der Waals surface area contributed by atoms with E-state index in [-0.39, 0.29) is 29.2 Å². The van der Waals surface area contributed by atoms with Crippen molar-refractivity contribution in [2.24, 2.45) is 5.92 Å². The van der Waals surface area contributed by atoms with E-state index in [2.05, 4.69) is 0 Å². The number of aliphatic hydroxyl groups is 6. The SMILES string of the molecule is C[C@@H]1O[C@@H](CC2C(=O)c3c(O)cc(O)cc3OC2c2ccc(O)cc2)[C@H](O[C@@H]2O[C@H](CO)[C@@H](O)[C@H](O)[C@H]2O)[C@H](O)[C@H]1O. The highest BCUT2D eigenvalue weighted by molar-refractivity contribution is 6.04. The summed E-state index contributed by atoms with van der Waals surface area (Å²) in [6, 6.07) is 8.00. The van der Waals surface area contributed by atoms with Gasteiger partial charge in [-0.15, -0.1) is 0 Å². The molecule has 0 radical (unpaired) electrons. The lowest BCUT2D eigenvalue weighted by Gasteiger charge is -2.47. The number of phenols is 3. The number of aromatic hydroxyl groups is 3. The van der Waals surface area contributed by atoms with Gasteiger partial charge in [-0.05, 0) is 31.0 Å². The smallest absolute Gasteiger partial charge is 0.187 e. The van der Waals surface area contributed by atoms with Crippen molar-refractivity contribution in [1.29, 1.82) is 0 Å². The molecule has 3 heterocycles. The van der Waals surface area contributed by atoms with Crippen molar-refractivity contribution in [3.05, 3.63) is 47.5 Å². The lowest BCUT2D eigenvalue weighted by Crippen LogP contribution is -2.64. The van der Waals surface area contributed by atoms with Crippen molar-refractivity contribution in [3.63, 3.8) is 0 Å². The minimum atomic E-state index is -1.81. The summed E-state index contributed by atoms with van der Waals surface area (Å²) in [5, 5.41) is 92.2. The molecule has 14 nitrogen and oxygen atoms in total. The van der Waals surface area contributed by atoms with Crippen molar-refractivity contribution in [2.45, 2.75) is 80.7 Å². The van der Waals surface area contributed by atoms with Gasteiger partial charge in [0.2, 0.25) is 0 Å². The Hall–Kier alpha value is -3.05. The third kappa shape index (κ3) is 5.53. The molecule has 2 fully saturated rings. The molecule has 42 heavy (non-hydrogen) atoms.